The van der Waals surface area contributed by atoms with Crippen molar-refractivity contribution in [3.8, 4) is 78.3 Å². The highest BCUT2D eigenvalue weighted by Gasteiger charge is 2.28. The van der Waals surface area contributed by atoms with Gasteiger partial charge in [-0.3, -0.25) is 0 Å². The van der Waals surface area contributed by atoms with Gasteiger partial charge in [0.1, 0.15) is 11.5 Å². The Kier molecular flexibility index (Phi) is 8.87. The number of rotatable bonds is 7. The highest BCUT2D eigenvalue weighted by atomic mass is 16.5. The van der Waals surface area contributed by atoms with Crippen LogP contribution in [0.15, 0.2) is 237 Å². The molecule has 0 aliphatic carbocycles. The fourth-order valence-corrected chi connectivity index (χ4v) is 8.83. The fourth-order valence-electron chi connectivity index (χ4n) is 8.83. The number of hydrogen-bond donors (Lipinski definition) is 0. The van der Waals surface area contributed by atoms with Gasteiger partial charge >= 0.3 is 0 Å². The van der Waals surface area contributed by atoms with E-state index in [0.29, 0.717) is 0 Å². The Hall–Kier alpha value is -7.94. The standard InChI is InChI=1S/C58H39NO/c1-3-14-40(15-4-1)42-28-30-43(31-29-42)45-34-38-48(39-35-45)59(47-36-32-44(33-37-47)41-16-5-2-6-17-41)54-25-13-27-56-58(54)53-22-10-9-21-52(53)57-51(24-12-26-55(57)60-56)50-23-11-19-46-18-7-8-20-49(46)50/h1-39H. The molecule has 0 saturated heterocycles. The second-order valence-electron chi connectivity index (χ2n) is 15.2. The number of ether oxygens (including phenoxy) is 1. The van der Waals surface area contributed by atoms with E-state index in [9.17, 15) is 0 Å². The van der Waals surface area contributed by atoms with Gasteiger partial charge in [-0.1, -0.05) is 194 Å². The van der Waals surface area contributed by atoms with E-state index in [1.807, 2.05) is 0 Å². The topological polar surface area (TPSA) is 12.5 Å². The Labute approximate surface area is 350 Å². The summed E-state index contributed by atoms with van der Waals surface area (Å²) >= 11 is 0. The summed E-state index contributed by atoms with van der Waals surface area (Å²) in [7, 11) is 0. The fraction of sp³-hybridized carbons (Fsp3) is 0. The van der Waals surface area contributed by atoms with Gasteiger partial charge in [-0.2, -0.15) is 0 Å². The molecule has 10 aromatic rings. The summed E-state index contributed by atoms with van der Waals surface area (Å²) in [5, 5.41) is 2.43. The number of hydrogen-bond acceptors (Lipinski definition) is 2. The van der Waals surface area contributed by atoms with Crippen LogP contribution in [0.1, 0.15) is 0 Å². The Morgan fingerprint density at radius 2 is 0.667 bits per heavy atom. The van der Waals surface area contributed by atoms with Gasteiger partial charge in [0, 0.05) is 22.5 Å². The smallest absolute Gasteiger partial charge is 0.137 e. The van der Waals surface area contributed by atoms with Crippen LogP contribution >= 0.6 is 0 Å². The van der Waals surface area contributed by atoms with Gasteiger partial charge in [0.25, 0.3) is 0 Å². The predicted octanol–water partition coefficient (Wildman–Crippen LogP) is 16.4. The highest BCUT2D eigenvalue weighted by Crippen LogP contribution is 2.55. The van der Waals surface area contributed by atoms with Gasteiger partial charge in [-0.15, -0.1) is 0 Å². The lowest BCUT2D eigenvalue weighted by atomic mass is 9.87. The Bertz CT molecular complexity index is 3130. The molecule has 0 amide bonds. The molecule has 11 rings (SSSR count). The number of nitrogens with zero attached hydrogens (tertiary/aromatic N) is 1. The van der Waals surface area contributed by atoms with E-state index in [0.717, 1.165) is 61.9 Å². The van der Waals surface area contributed by atoms with Crippen LogP contribution in [0, 0.1) is 0 Å². The molecule has 0 spiro atoms. The molecule has 1 aliphatic heterocycles. The maximum absolute atomic E-state index is 7.09. The Morgan fingerprint density at radius 1 is 0.267 bits per heavy atom. The van der Waals surface area contributed by atoms with Gasteiger partial charge in [0.2, 0.25) is 0 Å². The van der Waals surface area contributed by atoms with Gasteiger partial charge in [-0.25, -0.2) is 0 Å². The van der Waals surface area contributed by atoms with Gasteiger partial charge in [0.15, 0.2) is 0 Å². The molecule has 60 heavy (non-hydrogen) atoms. The normalized spacial score (nSPS) is 11.5. The molecule has 282 valence electrons. The number of anilines is 3. The second kappa shape index (κ2) is 15.1. The van der Waals surface area contributed by atoms with Crippen LogP contribution in [0.25, 0.3) is 77.5 Å². The van der Waals surface area contributed by atoms with Crippen LogP contribution in [0.2, 0.25) is 0 Å². The lowest BCUT2D eigenvalue weighted by Gasteiger charge is -2.29. The van der Waals surface area contributed by atoms with Crippen molar-refractivity contribution in [3.63, 3.8) is 0 Å². The molecule has 0 fully saturated rings. The van der Waals surface area contributed by atoms with Gasteiger partial charge in [0.05, 0.1) is 5.69 Å². The first-order chi connectivity index (χ1) is 29.8. The number of fused-ring (bicyclic) bond motifs is 6. The summed E-state index contributed by atoms with van der Waals surface area (Å²) in [6.07, 6.45) is 0. The maximum Gasteiger partial charge on any atom is 0.137 e. The van der Waals surface area contributed by atoms with Crippen molar-refractivity contribution in [2.24, 2.45) is 0 Å². The van der Waals surface area contributed by atoms with Crippen LogP contribution in [0.5, 0.6) is 11.5 Å². The van der Waals surface area contributed by atoms with E-state index in [4.69, 9.17) is 4.74 Å². The minimum Gasteiger partial charge on any atom is -0.456 e. The van der Waals surface area contributed by atoms with Crippen molar-refractivity contribution in [1.29, 1.82) is 0 Å². The van der Waals surface area contributed by atoms with E-state index in [1.54, 1.807) is 0 Å². The molecule has 0 saturated carbocycles. The first-order valence-electron chi connectivity index (χ1n) is 20.5. The quantitative estimate of drug-likeness (QED) is 0.160. The zero-order valence-electron chi connectivity index (χ0n) is 32.9. The molecule has 2 nitrogen and oxygen atoms in total. The van der Waals surface area contributed by atoms with Crippen LogP contribution < -0.4 is 9.64 Å². The minimum absolute atomic E-state index is 0.815. The summed E-state index contributed by atoms with van der Waals surface area (Å²) in [6, 6.07) is 84.6. The largest absolute Gasteiger partial charge is 0.456 e. The molecule has 10 aromatic carbocycles. The molecule has 1 heterocycles. The SMILES string of the molecule is c1ccc(-c2ccc(-c3ccc(N(c4ccc(-c5ccccc5)cc4)c4cccc5c4-c4ccccc4-c4c(cccc4-c4cccc6ccccc46)O5)cc3)cc2)cc1. The van der Waals surface area contributed by atoms with Gasteiger partial charge < -0.3 is 9.64 Å². The van der Waals surface area contributed by atoms with E-state index in [2.05, 4.69) is 241 Å². The van der Waals surface area contributed by atoms with E-state index in [-0.39, 0.29) is 0 Å². The number of benzene rings is 10. The summed E-state index contributed by atoms with van der Waals surface area (Å²) in [6.45, 7) is 0. The van der Waals surface area contributed by atoms with Crippen molar-refractivity contribution >= 4 is 27.8 Å². The molecule has 1 aliphatic rings. The van der Waals surface area contributed by atoms with Crippen molar-refractivity contribution in [2.45, 2.75) is 0 Å². The summed E-state index contributed by atoms with van der Waals surface area (Å²) < 4.78 is 7.09. The second-order valence-corrected chi connectivity index (χ2v) is 15.2. The van der Waals surface area contributed by atoms with Crippen molar-refractivity contribution in [3.05, 3.63) is 237 Å². The molecule has 2 heteroatoms. The predicted molar refractivity (Wildman–Crippen MR) is 251 cm³/mol. The first-order valence-corrected chi connectivity index (χ1v) is 20.5. The van der Waals surface area contributed by atoms with E-state index < -0.39 is 0 Å². The average molecular weight is 766 g/mol. The molecule has 0 atom stereocenters. The third-order valence-electron chi connectivity index (χ3n) is 11.7. The van der Waals surface area contributed by atoms with Gasteiger partial charge in [-0.05, 0) is 109 Å². The van der Waals surface area contributed by atoms with E-state index >= 15 is 0 Å². The first kappa shape index (κ1) is 35.2. The Balaban J connectivity index is 1.06. The zero-order valence-corrected chi connectivity index (χ0v) is 32.9. The average Bonchev–Trinajstić information content (AvgIpc) is 3.47. The molecular formula is C58H39NO. The monoisotopic (exact) mass is 765 g/mol. The zero-order chi connectivity index (χ0) is 39.8. The van der Waals surface area contributed by atoms with Crippen molar-refractivity contribution in [1.82, 2.24) is 0 Å². The maximum atomic E-state index is 7.09. The summed E-state index contributed by atoms with van der Waals surface area (Å²) in [5.41, 5.74) is 17.0. The highest BCUT2D eigenvalue weighted by molar-refractivity contribution is 6.06. The molecule has 0 radical (unpaired) electrons. The third-order valence-corrected chi connectivity index (χ3v) is 11.7. The summed E-state index contributed by atoms with van der Waals surface area (Å²) in [4.78, 5) is 2.37. The van der Waals surface area contributed by atoms with Crippen molar-refractivity contribution < 1.29 is 4.74 Å². The lowest BCUT2D eigenvalue weighted by molar-refractivity contribution is 0.488. The minimum atomic E-state index is 0.815. The molecule has 0 unspecified atom stereocenters. The molecule has 0 aromatic heterocycles. The van der Waals surface area contributed by atoms with E-state index in [1.165, 1.54) is 44.2 Å². The third kappa shape index (κ3) is 6.32. The van der Waals surface area contributed by atoms with Crippen LogP contribution in [-0.2, 0) is 0 Å². The summed E-state index contributed by atoms with van der Waals surface area (Å²) in [5.74, 6) is 1.65. The van der Waals surface area contributed by atoms with Crippen LogP contribution in [-0.4, -0.2) is 0 Å². The Morgan fingerprint density at radius 3 is 1.27 bits per heavy atom. The molecule has 0 N–H and O–H groups in total. The lowest BCUT2D eigenvalue weighted by Crippen LogP contribution is -2.11. The molecular weight excluding hydrogens is 727 g/mol. The van der Waals surface area contributed by atoms with Crippen molar-refractivity contribution in [2.75, 3.05) is 4.90 Å². The van der Waals surface area contributed by atoms with Crippen LogP contribution in [0.3, 0.4) is 0 Å². The van der Waals surface area contributed by atoms with Crippen LogP contribution in [0.4, 0.5) is 17.1 Å². The molecule has 0 bridgehead atoms.